The van der Waals surface area contributed by atoms with E-state index in [0.717, 1.165) is 18.4 Å². The molecule has 1 aliphatic rings. The van der Waals surface area contributed by atoms with E-state index < -0.39 is 17.9 Å². The van der Waals surface area contributed by atoms with Crippen molar-refractivity contribution in [3.8, 4) is 5.75 Å². The van der Waals surface area contributed by atoms with Crippen LogP contribution in [0.2, 0.25) is 0 Å². The maximum atomic E-state index is 13.4. The molecule has 1 atom stereocenters. The first-order valence-electron chi connectivity index (χ1n) is 11.3. The van der Waals surface area contributed by atoms with Gasteiger partial charge in [-0.15, -0.1) is 0 Å². The van der Waals surface area contributed by atoms with Crippen molar-refractivity contribution < 1.29 is 28.6 Å². The molecule has 1 saturated carbocycles. The third-order valence-corrected chi connectivity index (χ3v) is 5.68. The van der Waals surface area contributed by atoms with Crippen LogP contribution < -0.4 is 10.1 Å². The van der Waals surface area contributed by atoms with Crippen molar-refractivity contribution in [2.24, 2.45) is 5.92 Å². The van der Waals surface area contributed by atoms with Crippen molar-refractivity contribution in [3.05, 3.63) is 59.9 Å². The van der Waals surface area contributed by atoms with Gasteiger partial charge in [0, 0.05) is 25.3 Å². The molecular formula is C25H31FN2O5. The van der Waals surface area contributed by atoms with Crippen LogP contribution >= 0.6 is 0 Å². The highest BCUT2D eigenvalue weighted by molar-refractivity contribution is 5.89. The molecule has 0 bridgehead atoms. The third kappa shape index (κ3) is 7.75. The number of hydrogen-bond donors (Lipinski definition) is 2. The summed E-state index contributed by atoms with van der Waals surface area (Å²) in [5, 5.41) is 12.0. The Hall–Kier alpha value is -3.13. The molecule has 0 saturated heterocycles. The van der Waals surface area contributed by atoms with Crippen LogP contribution in [-0.4, -0.2) is 54.4 Å². The van der Waals surface area contributed by atoms with E-state index in [9.17, 15) is 19.1 Å². The molecule has 0 aromatic heterocycles. The van der Waals surface area contributed by atoms with E-state index in [-0.39, 0.29) is 12.5 Å². The fourth-order valence-corrected chi connectivity index (χ4v) is 3.66. The predicted molar refractivity (Wildman–Crippen MR) is 123 cm³/mol. The van der Waals surface area contributed by atoms with Crippen LogP contribution in [0.4, 0.5) is 14.9 Å². The molecule has 1 aliphatic carbocycles. The second-order valence-corrected chi connectivity index (χ2v) is 8.16. The van der Waals surface area contributed by atoms with E-state index >= 15 is 0 Å². The molecule has 2 N–H and O–H groups in total. The summed E-state index contributed by atoms with van der Waals surface area (Å²) in [5.74, 6) is -0.271. The molecule has 1 unspecified atom stereocenters. The van der Waals surface area contributed by atoms with Gasteiger partial charge in [-0.05, 0) is 61.6 Å². The zero-order valence-corrected chi connectivity index (χ0v) is 18.8. The number of rotatable bonds is 12. The first-order chi connectivity index (χ1) is 15.9. The lowest BCUT2D eigenvalue weighted by atomic mass is 9.85. The van der Waals surface area contributed by atoms with Crippen molar-refractivity contribution in [2.75, 3.05) is 31.6 Å². The highest BCUT2D eigenvalue weighted by Gasteiger charge is 2.24. The number of benzene rings is 2. The fourth-order valence-electron chi connectivity index (χ4n) is 3.66. The molecule has 33 heavy (non-hydrogen) atoms. The Morgan fingerprint density at radius 3 is 2.58 bits per heavy atom. The number of urea groups is 1. The maximum absolute atomic E-state index is 13.4. The smallest absolute Gasteiger partial charge is 0.333 e. The Bertz CT molecular complexity index is 917. The summed E-state index contributed by atoms with van der Waals surface area (Å²) >= 11 is 0. The summed E-state index contributed by atoms with van der Waals surface area (Å²) in [7, 11) is 0. The van der Waals surface area contributed by atoms with E-state index in [2.05, 4.69) is 5.32 Å². The number of hydrogen-bond acceptors (Lipinski definition) is 4. The lowest BCUT2D eigenvalue weighted by molar-refractivity contribution is -0.149. The number of anilines is 1. The molecular weight excluding hydrogens is 427 g/mol. The molecule has 2 aromatic carbocycles. The number of carboxylic acid groups (broad SMARTS) is 1. The Kier molecular flexibility index (Phi) is 9.06. The molecule has 0 radical (unpaired) electrons. The molecule has 2 aromatic rings. The lowest BCUT2D eigenvalue weighted by Crippen LogP contribution is -2.42. The van der Waals surface area contributed by atoms with Crippen molar-refractivity contribution in [3.63, 3.8) is 0 Å². The van der Waals surface area contributed by atoms with E-state index in [4.69, 9.17) is 9.47 Å². The number of carbonyl (C=O) groups is 2. The summed E-state index contributed by atoms with van der Waals surface area (Å²) in [6.07, 6.45) is 2.78. The molecule has 7 nitrogen and oxygen atoms in total. The largest absolute Gasteiger partial charge is 0.492 e. The van der Waals surface area contributed by atoms with E-state index in [1.807, 2.05) is 12.1 Å². The van der Waals surface area contributed by atoms with Gasteiger partial charge in [-0.25, -0.2) is 14.0 Å². The van der Waals surface area contributed by atoms with Crippen LogP contribution in [0.3, 0.4) is 0 Å². The second kappa shape index (κ2) is 12.2. The summed E-state index contributed by atoms with van der Waals surface area (Å²) in [6, 6.07) is 12.7. The molecule has 3 rings (SSSR count). The van der Waals surface area contributed by atoms with E-state index in [1.165, 1.54) is 18.6 Å². The molecule has 8 heteroatoms. The number of carboxylic acids is 1. The molecule has 0 aliphatic heterocycles. The zero-order valence-electron chi connectivity index (χ0n) is 18.8. The average molecular weight is 459 g/mol. The quantitative estimate of drug-likeness (QED) is 0.486. The predicted octanol–water partition coefficient (Wildman–Crippen LogP) is 4.57. The Balaban J connectivity index is 1.52. The van der Waals surface area contributed by atoms with Gasteiger partial charge in [-0.1, -0.05) is 24.6 Å². The van der Waals surface area contributed by atoms with Crippen LogP contribution in [0.25, 0.3) is 0 Å². The molecule has 1 fully saturated rings. The van der Waals surface area contributed by atoms with Crippen LogP contribution in [0.15, 0.2) is 48.5 Å². The van der Waals surface area contributed by atoms with Gasteiger partial charge < -0.3 is 24.8 Å². The van der Waals surface area contributed by atoms with E-state index in [1.54, 1.807) is 36.1 Å². The van der Waals surface area contributed by atoms with Gasteiger partial charge in [0.1, 0.15) is 18.2 Å². The molecule has 178 valence electrons. The van der Waals surface area contributed by atoms with Crippen molar-refractivity contribution in [2.45, 2.75) is 38.7 Å². The minimum atomic E-state index is -0.986. The van der Waals surface area contributed by atoms with Crippen LogP contribution in [0.5, 0.6) is 5.75 Å². The Labute approximate surface area is 193 Å². The first-order valence-corrected chi connectivity index (χ1v) is 11.3. The summed E-state index contributed by atoms with van der Waals surface area (Å²) in [4.78, 5) is 25.7. The number of amides is 2. The summed E-state index contributed by atoms with van der Waals surface area (Å²) in [5.41, 5.74) is 1.26. The normalized spacial score (nSPS) is 14.2. The number of nitrogens with zero attached hydrogens (tertiary/aromatic N) is 1. The number of carbonyl (C=O) groups excluding carboxylic acids is 1. The second-order valence-electron chi connectivity index (χ2n) is 8.16. The van der Waals surface area contributed by atoms with Gasteiger partial charge in [0.25, 0.3) is 0 Å². The fraction of sp³-hybridized carbons (Fsp3) is 0.440. The van der Waals surface area contributed by atoms with Gasteiger partial charge in [0.2, 0.25) is 0 Å². The zero-order chi connectivity index (χ0) is 23.6. The van der Waals surface area contributed by atoms with Crippen molar-refractivity contribution >= 4 is 17.7 Å². The highest BCUT2D eigenvalue weighted by Crippen LogP contribution is 2.27. The molecule has 0 heterocycles. The SMILES string of the molecule is CCOC(Cc1ccc(OCCN(CC2CCC2)C(=O)Nc2cccc(F)c2)cc1)C(=O)O. The monoisotopic (exact) mass is 458 g/mol. The van der Waals surface area contributed by atoms with Gasteiger partial charge in [-0.3, -0.25) is 0 Å². The minimum Gasteiger partial charge on any atom is -0.492 e. The Morgan fingerprint density at radius 2 is 1.97 bits per heavy atom. The average Bonchev–Trinajstić information content (AvgIpc) is 2.75. The van der Waals surface area contributed by atoms with Crippen molar-refractivity contribution in [1.29, 1.82) is 0 Å². The van der Waals surface area contributed by atoms with Gasteiger partial charge in [-0.2, -0.15) is 0 Å². The third-order valence-electron chi connectivity index (χ3n) is 5.68. The number of nitrogens with one attached hydrogen (secondary N) is 1. The van der Waals surface area contributed by atoms with Crippen LogP contribution in [0.1, 0.15) is 31.7 Å². The van der Waals surface area contributed by atoms with Crippen LogP contribution in [-0.2, 0) is 16.0 Å². The highest BCUT2D eigenvalue weighted by atomic mass is 19.1. The van der Waals surface area contributed by atoms with Crippen molar-refractivity contribution in [1.82, 2.24) is 4.90 Å². The molecule has 0 spiro atoms. The standard InChI is InChI=1S/C25H31FN2O5/c1-2-32-23(24(29)30)15-18-9-11-22(12-10-18)33-14-13-28(17-19-5-3-6-19)25(31)27-21-8-4-7-20(26)16-21/h4,7-12,16,19,23H,2-3,5-6,13-15,17H2,1H3,(H,27,31)(H,29,30). The topological polar surface area (TPSA) is 88.1 Å². The summed E-state index contributed by atoms with van der Waals surface area (Å²) < 4.78 is 24.5. The van der Waals surface area contributed by atoms with E-state index in [0.29, 0.717) is 43.7 Å². The number of ether oxygens (including phenoxy) is 2. The van der Waals surface area contributed by atoms with Gasteiger partial charge in [0.05, 0.1) is 6.54 Å². The van der Waals surface area contributed by atoms with Gasteiger partial charge in [0.15, 0.2) is 6.10 Å². The number of aliphatic carboxylic acids is 1. The Morgan fingerprint density at radius 1 is 1.21 bits per heavy atom. The van der Waals surface area contributed by atoms with Crippen LogP contribution in [0, 0.1) is 11.7 Å². The lowest BCUT2D eigenvalue weighted by Gasteiger charge is -2.32. The molecule has 2 amide bonds. The maximum Gasteiger partial charge on any atom is 0.333 e. The summed E-state index contributed by atoms with van der Waals surface area (Å²) in [6.45, 7) is 3.43. The van der Waals surface area contributed by atoms with Gasteiger partial charge >= 0.3 is 12.0 Å². The number of halogens is 1. The minimum absolute atomic E-state index is 0.276. The first kappa shape index (κ1) is 24.5.